The maximum atomic E-state index is 14.8. The second-order valence-corrected chi connectivity index (χ2v) is 9.84. The lowest BCUT2D eigenvalue weighted by atomic mass is 10.0. The van der Waals surface area contributed by atoms with Crippen molar-refractivity contribution >= 4 is 35.0 Å². The molecule has 2 amide bonds. The highest BCUT2D eigenvalue weighted by atomic mass is 19.3. The Kier molecular flexibility index (Phi) is 7.06. The molecule has 0 unspecified atom stereocenters. The number of anilines is 4. The largest absolute Gasteiger partial charge is 0.495 e. The molecule has 1 aromatic carbocycles. The SMILES string of the molecule is COc1cc(C(=O)N[C@H]2CC#CCC2)ccc1Nc1ncc2c(n1)N(C1CCCC1)CC(F)(F)C(=O)N2C. The van der Waals surface area contributed by atoms with Gasteiger partial charge in [-0.25, -0.2) is 4.98 Å². The number of amides is 2. The van der Waals surface area contributed by atoms with Crippen LogP contribution in [0.15, 0.2) is 24.4 Å². The molecule has 0 radical (unpaired) electrons. The van der Waals surface area contributed by atoms with E-state index in [0.717, 1.165) is 43.4 Å². The molecule has 2 aliphatic carbocycles. The van der Waals surface area contributed by atoms with E-state index in [2.05, 4.69) is 32.4 Å². The number of methoxy groups -OCH3 is 1. The fourth-order valence-corrected chi connectivity index (χ4v) is 5.18. The zero-order valence-corrected chi connectivity index (χ0v) is 21.4. The quantitative estimate of drug-likeness (QED) is 0.554. The third-order valence-electron chi connectivity index (χ3n) is 7.27. The number of alkyl halides is 2. The van der Waals surface area contributed by atoms with Crippen LogP contribution in [0, 0.1) is 11.8 Å². The minimum atomic E-state index is -3.55. The highest BCUT2D eigenvalue weighted by Crippen LogP contribution is 2.40. The van der Waals surface area contributed by atoms with Gasteiger partial charge in [0, 0.05) is 37.5 Å². The molecule has 2 aromatic rings. The summed E-state index contributed by atoms with van der Waals surface area (Å²) in [5, 5.41) is 6.09. The number of ether oxygens (including phenoxy) is 1. The van der Waals surface area contributed by atoms with E-state index in [0.29, 0.717) is 23.4 Å². The van der Waals surface area contributed by atoms with E-state index in [1.54, 1.807) is 23.1 Å². The van der Waals surface area contributed by atoms with E-state index >= 15 is 0 Å². The molecular weight excluding hydrogens is 494 g/mol. The van der Waals surface area contributed by atoms with Crippen LogP contribution in [0.5, 0.6) is 5.75 Å². The van der Waals surface area contributed by atoms with Crippen LogP contribution in [0.2, 0.25) is 0 Å². The van der Waals surface area contributed by atoms with E-state index in [-0.39, 0.29) is 35.4 Å². The molecule has 1 saturated carbocycles. The van der Waals surface area contributed by atoms with Gasteiger partial charge in [-0.3, -0.25) is 9.59 Å². The Labute approximate surface area is 220 Å². The summed E-state index contributed by atoms with van der Waals surface area (Å²) in [5.74, 6) is 1.85. The fourth-order valence-electron chi connectivity index (χ4n) is 5.18. The summed E-state index contributed by atoms with van der Waals surface area (Å²) in [6, 6.07) is 4.84. The molecule has 1 aliphatic heterocycles. The van der Waals surface area contributed by atoms with Gasteiger partial charge in [0.2, 0.25) is 5.95 Å². The van der Waals surface area contributed by atoms with Crippen molar-refractivity contribution in [3.63, 3.8) is 0 Å². The molecule has 11 heteroatoms. The van der Waals surface area contributed by atoms with Gasteiger partial charge < -0.3 is 25.2 Å². The van der Waals surface area contributed by atoms with Crippen molar-refractivity contribution in [2.75, 3.05) is 35.8 Å². The van der Waals surface area contributed by atoms with Crippen molar-refractivity contribution in [2.45, 2.75) is 63.0 Å². The van der Waals surface area contributed by atoms with Gasteiger partial charge in [-0.05, 0) is 37.5 Å². The molecule has 0 saturated heterocycles. The number of nitrogens with zero attached hydrogens (tertiary/aromatic N) is 4. The van der Waals surface area contributed by atoms with E-state index in [4.69, 9.17) is 4.74 Å². The molecule has 9 nitrogen and oxygen atoms in total. The molecule has 1 atom stereocenters. The molecule has 200 valence electrons. The summed E-state index contributed by atoms with van der Waals surface area (Å²) in [6.07, 6.45) is 6.97. The normalized spacial score (nSPS) is 20.7. The smallest absolute Gasteiger partial charge is 0.342 e. The zero-order chi connectivity index (χ0) is 26.9. The summed E-state index contributed by atoms with van der Waals surface area (Å²) in [7, 11) is 2.80. The lowest BCUT2D eigenvalue weighted by molar-refractivity contribution is -0.140. The van der Waals surface area contributed by atoms with Crippen molar-refractivity contribution in [3.05, 3.63) is 30.0 Å². The summed E-state index contributed by atoms with van der Waals surface area (Å²) >= 11 is 0. The van der Waals surface area contributed by atoms with Crippen LogP contribution in [0.4, 0.5) is 31.9 Å². The number of hydrogen-bond acceptors (Lipinski definition) is 7. The van der Waals surface area contributed by atoms with Crippen LogP contribution in [0.3, 0.4) is 0 Å². The third-order valence-corrected chi connectivity index (χ3v) is 7.27. The monoisotopic (exact) mass is 524 g/mol. The zero-order valence-electron chi connectivity index (χ0n) is 21.4. The standard InChI is InChI=1S/C27H30F2N6O3/c1-34-21-15-30-26(33-23(21)35(19-10-6-7-11-19)16-27(28,29)25(34)37)32-20-13-12-17(14-22(20)38-2)24(36)31-18-8-4-3-5-9-18/h12-15,18-19H,4,6-11,16H2,1-2H3,(H,31,36)(H,30,32,33)/t18-/m1/s1. The van der Waals surface area contributed by atoms with Gasteiger partial charge in [-0.1, -0.05) is 12.8 Å². The van der Waals surface area contributed by atoms with Crippen LogP contribution >= 0.6 is 0 Å². The third kappa shape index (κ3) is 5.08. The number of hydrogen-bond donors (Lipinski definition) is 2. The maximum Gasteiger partial charge on any atom is 0.342 e. The van der Waals surface area contributed by atoms with Gasteiger partial charge in [0.25, 0.3) is 11.8 Å². The highest BCUT2D eigenvalue weighted by molar-refractivity contribution is 6.02. The van der Waals surface area contributed by atoms with Gasteiger partial charge in [0.05, 0.1) is 25.5 Å². The van der Waals surface area contributed by atoms with Crippen LogP contribution in [-0.4, -0.2) is 60.5 Å². The topological polar surface area (TPSA) is 99.7 Å². The molecule has 0 spiro atoms. The molecule has 1 aromatic heterocycles. The first-order chi connectivity index (χ1) is 18.3. The van der Waals surface area contributed by atoms with E-state index < -0.39 is 18.4 Å². The van der Waals surface area contributed by atoms with Gasteiger partial charge >= 0.3 is 5.92 Å². The Morgan fingerprint density at radius 1 is 1.21 bits per heavy atom. The number of benzene rings is 1. The van der Waals surface area contributed by atoms with Crippen molar-refractivity contribution in [1.29, 1.82) is 0 Å². The average Bonchev–Trinajstić information content (AvgIpc) is 3.44. The number of carbonyl (C=O) groups is 2. The van der Waals surface area contributed by atoms with Crippen LogP contribution < -0.4 is 25.2 Å². The minimum Gasteiger partial charge on any atom is -0.495 e. The van der Waals surface area contributed by atoms with Crippen molar-refractivity contribution < 1.29 is 23.1 Å². The van der Waals surface area contributed by atoms with Crippen LogP contribution in [0.25, 0.3) is 0 Å². The average molecular weight is 525 g/mol. The molecule has 2 heterocycles. The molecule has 0 bridgehead atoms. The van der Waals surface area contributed by atoms with Crippen molar-refractivity contribution in [2.24, 2.45) is 0 Å². The Morgan fingerprint density at radius 2 is 2.00 bits per heavy atom. The summed E-state index contributed by atoms with van der Waals surface area (Å²) < 4.78 is 35.2. The molecule has 1 fully saturated rings. The van der Waals surface area contributed by atoms with Crippen molar-refractivity contribution in [1.82, 2.24) is 15.3 Å². The number of carbonyl (C=O) groups excluding carboxylic acids is 2. The van der Waals surface area contributed by atoms with Crippen molar-refractivity contribution in [3.8, 4) is 17.6 Å². The Morgan fingerprint density at radius 3 is 2.71 bits per heavy atom. The molecular formula is C27H30F2N6O3. The summed E-state index contributed by atoms with van der Waals surface area (Å²) in [6.45, 7) is -0.732. The Balaban J connectivity index is 1.41. The number of rotatable bonds is 6. The summed E-state index contributed by atoms with van der Waals surface area (Å²) in [5.41, 5.74) is 1.17. The number of nitrogens with one attached hydrogen (secondary N) is 2. The minimum absolute atomic E-state index is 0.0146. The predicted molar refractivity (Wildman–Crippen MR) is 139 cm³/mol. The molecule has 5 rings (SSSR count). The van der Waals surface area contributed by atoms with Crippen LogP contribution in [-0.2, 0) is 4.79 Å². The highest BCUT2D eigenvalue weighted by Gasteiger charge is 2.48. The predicted octanol–water partition coefficient (Wildman–Crippen LogP) is 3.88. The van der Waals surface area contributed by atoms with Gasteiger partial charge in [-0.15, -0.1) is 11.8 Å². The number of halogens is 2. The van der Waals surface area contributed by atoms with E-state index in [1.165, 1.54) is 20.4 Å². The second-order valence-electron chi connectivity index (χ2n) is 9.84. The first-order valence-electron chi connectivity index (χ1n) is 12.8. The van der Waals surface area contributed by atoms with E-state index in [9.17, 15) is 18.4 Å². The molecule has 38 heavy (non-hydrogen) atoms. The first kappa shape index (κ1) is 25.7. The lowest BCUT2D eigenvalue weighted by Crippen LogP contribution is -2.48. The Bertz CT molecular complexity index is 1300. The Hall–Kier alpha value is -3.94. The molecule has 3 aliphatic rings. The first-order valence-corrected chi connectivity index (χ1v) is 12.8. The number of fused-ring (bicyclic) bond motifs is 1. The van der Waals surface area contributed by atoms with Crippen LogP contribution in [0.1, 0.15) is 55.3 Å². The number of aromatic nitrogens is 2. The van der Waals surface area contributed by atoms with Gasteiger partial charge in [-0.2, -0.15) is 13.8 Å². The fraction of sp³-hybridized carbons (Fsp3) is 0.481. The second kappa shape index (κ2) is 10.4. The van der Waals surface area contributed by atoms with Gasteiger partial charge in [0.1, 0.15) is 11.4 Å². The lowest BCUT2D eigenvalue weighted by Gasteiger charge is -2.31. The van der Waals surface area contributed by atoms with Gasteiger partial charge in [0.15, 0.2) is 5.82 Å². The summed E-state index contributed by atoms with van der Waals surface area (Å²) in [4.78, 5) is 36.6. The molecule has 2 N–H and O–H groups in total. The van der Waals surface area contributed by atoms with E-state index in [1.807, 2.05) is 0 Å². The maximum absolute atomic E-state index is 14.8.